The van der Waals surface area contributed by atoms with Crippen molar-refractivity contribution < 1.29 is 9.47 Å². The minimum Gasteiger partial charge on any atom is -0.343 e. The Labute approximate surface area is 114 Å². The van der Waals surface area contributed by atoms with Crippen LogP contribution in [0.25, 0.3) is 0 Å². The van der Waals surface area contributed by atoms with E-state index in [1.165, 1.54) is 0 Å². The maximum absolute atomic E-state index is 6.14. The molecule has 1 N–H and O–H groups in total. The zero-order valence-corrected chi connectivity index (χ0v) is 11.6. The number of nitrogens with zero attached hydrogens (tertiary/aromatic N) is 1. The molecule has 2 aliphatic rings. The van der Waals surface area contributed by atoms with E-state index in [0.717, 1.165) is 25.2 Å². The van der Waals surface area contributed by atoms with Crippen LogP contribution in [0.4, 0.5) is 0 Å². The van der Waals surface area contributed by atoms with Crippen LogP contribution in [0.3, 0.4) is 0 Å². The molecular weight excluding hydrogens is 240 g/mol. The van der Waals surface area contributed by atoms with Crippen molar-refractivity contribution in [2.24, 2.45) is 0 Å². The van der Waals surface area contributed by atoms with Crippen molar-refractivity contribution in [3.05, 3.63) is 35.9 Å². The maximum atomic E-state index is 6.14. The summed E-state index contributed by atoms with van der Waals surface area (Å²) in [7, 11) is 2.16. The summed E-state index contributed by atoms with van der Waals surface area (Å²) < 4.78 is 12.0. The first kappa shape index (κ1) is 13.1. The fraction of sp³-hybridized carbons (Fsp3) is 0.600. The quantitative estimate of drug-likeness (QED) is 0.883. The third kappa shape index (κ3) is 2.67. The van der Waals surface area contributed by atoms with Gasteiger partial charge < -0.3 is 14.8 Å². The largest absolute Gasteiger partial charge is 0.343 e. The standard InChI is InChI=1S/C15H22N2O2/c1-15(12-6-4-3-5-7-12)18-11-14(19-15)10-17(2)13-8-16-9-13/h3-7,13-14,16H,8-11H2,1-2H3. The second-order valence-corrected chi connectivity index (χ2v) is 5.61. The molecule has 4 heteroatoms. The normalized spacial score (nSPS) is 31.6. The monoisotopic (exact) mass is 262 g/mol. The Morgan fingerprint density at radius 1 is 1.32 bits per heavy atom. The first-order valence-corrected chi connectivity index (χ1v) is 6.96. The number of rotatable bonds is 4. The highest BCUT2D eigenvalue weighted by Crippen LogP contribution is 2.33. The van der Waals surface area contributed by atoms with Crippen molar-refractivity contribution in [3.63, 3.8) is 0 Å². The van der Waals surface area contributed by atoms with Crippen LogP contribution in [0, 0.1) is 0 Å². The lowest BCUT2D eigenvalue weighted by atomic mass is 10.1. The molecular formula is C15H22N2O2. The summed E-state index contributed by atoms with van der Waals surface area (Å²) in [5.74, 6) is -0.593. The Hall–Kier alpha value is -0.940. The smallest absolute Gasteiger partial charge is 0.192 e. The SMILES string of the molecule is CN(CC1COC(C)(c2ccccc2)O1)C1CNC1. The Balaban J connectivity index is 1.60. The molecule has 0 bridgehead atoms. The molecule has 2 aliphatic heterocycles. The van der Waals surface area contributed by atoms with E-state index in [4.69, 9.17) is 9.47 Å². The molecule has 4 nitrogen and oxygen atoms in total. The van der Waals surface area contributed by atoms with Crippen molar-refractivity contribution in [1.82, 2.24) is 10.2 Å². The number of nitrogens with one attached hydrogen (secondary N) is 1. The van der Waals surface area contributed by atoms with Crippen LogP contribution in [0.5, 0.6) is 0 Å². The van der Waals surface area contributed by atoms with Crippen molar-refractivity contribution in [2.75, 3.05) is 33.3 Å². The molecule has 2 atom stereocenters. The first-order chi connectivity index (χ1) is 9.17. The molecule has 1 aromatic carbocycles. The summed E-state index contributed by atoms with van der Waals surface area (Å²) in [6.45, 7) is 5.76. The van der Waals surface area contributed by atoms with Crippen LogP contribution >= 0.6 is 0 Å². The van der Waals surface area contributed by atoms with Gasteiger partial charge in [0.25, 0.3) is 0 Å². The highest BCUT2D eigenvalue weighted by atomic mass is 16.7. The Morgan fingerprint density at radius 2 is 2.05 bits per heavy atom. The summed E-state index contributed by atoms with van der Waals surface area (Å²) in [6, 6.07) is 10.8. The number of ether oxygens (including phenoxy) is 2. The van der Waals surface area contributed by atoms with E-state index < -0.39 is 5.79 Å². The molecule has 2 unspecified atom stereocenters. The maximum Gasteiger partial charge on any atom is 0.192 e. The lowest BCUT2D eigenvalue weighted by Crippen LogP contribution is -2.57. The van der Waals surface area contributed by atoms with Gasteiger partial charge in [0.2, 0.25) is 0 Å². The van der Waals surface area contributed by atoms with Crippen LogP contribution in [0.1, 0.15) is 12.5 Å². The molecule has 0 saturated carbocycles. The minimum absolute atomic E-state index is 0.149. The van der Waals surface area contributed by atoms with Crippen LogP contribution in [0.2, 0.25) is 0 Å². The van der Waals surface area contributed by atoms with Crippen molar-refractivity contribution in [1.29, 1.82) is 0 Å². The van der Waals surface area contributed by atoms with Gasteiger partial charge >= 0.3 is 0 Å². The Kier molecular flexibility index (Phi) is 3.58. The molecule has 104 valence electrons. The number of benzene rings is 1. The molecule has 2 fully saturated rings. The fourth-order valence-corrected chi connectivity index (χ4v) is 2.68. The summed E-state index contributed by atoms with van der Waals surface area (Å²) in [6.07, 6.45) is 0.149. The summed E-state index contributed by atoms with van der Waals surface area (Å²) in [4.78, 5) is 2.36. The van der Waals surface area contributed by atoms with Gasteiger partial charge in [-0.15, -0.1) is 0 Å². The van der Waals surface area contributed by atoms with E-state index in [1.54, 1.807) is 0 Å². The Bertz CT molecular complexity index is 421. The van der Waals surface area contributed by atoms with Crippen LogP contribution in [-0.2, 0) is 15.3 Å². The number of hydrogen-bond acceptors (Lipinski definition) is 4. The summed E-state index contributed by atoms with van der Waals surface area (Å²) in [5.41, 5.74) is 1.09. The number of hydrogen-bond donors (Lipinski definition) is 1. The summed E-state index contributed by atoms with van der Waals surface area (Å²) >= 11 is 0. The van der Waals surface area contributed by atoms with Crippen molar-refractivity contribution in [3.8, 4) is 0 Å². The average Bonchev–Trinajstić information content (AvgIpc) is 2.71. The molecule has 0 amide bonds. The van der Waals surface area contributed by atoms with Gasteiger partial charge in [-0.3, -0.25) is 4.90 Å². The lowest BCUT2D eigenvalue weighted by Gasteiger charge is -2.36. The van der Waals surface area contributed by atoms with E-state index in [0.29, 0.717) is 12.6 Å². The van der Waals surface area contributed by atoms with Gasteiger partial charge in [-0.05, 0) is 14.0 Å². The van der Waals surface area contributed by atoms with E-state index in [9.17, 15) is 0 Å². The second-order valence-electron chi connectivity index (χ2n) is 5.61. The average molecular weight is 262 g/mol. The lowest BCUT2D eigenvalue weighted by molar-refractivity contribution is -0.163. The second kappa shape index (κ2) is 5.21. The van der Waals surface area contributed by atoms with Gasteiger partial charge in [-0.2, -0.15) is 0 Å². The van der Waals surface area contributed by atoms with Gasteiger partial charge in [-0.1, -0.05) is 30.3 Å². The van der Waals surface area contributed by atoms with Gasteiger partial charge in [-0.25, -0.2) is 0 Å². The first-order valence-electron chi connectivity index (χ1n) is 6.96. The molecule has 19 heavy (non-hydrogen) atoms. The fourth-order valence-electron chi connectivity index (χ4n) is 2.68. The predicted octanol–water partition coefficient (Wildman–Crippen LogP) is 1.18. The molecule has 0 aromatic heterocycles. The van der Waals surface area contributed by atoms with Crippen molar-refractivity contribution in [2.45, 2.75) is 24.9 Å². The van der Waals surface area contributed by atoms with Gasteiger partial charge in [0.05, 0.1) is 12.7 Å². The molecule has 0 aliphatic carbocycles. The van der Waals surface area contributed by atoms with E-state index in [1.807, 2.05) is 25.1 Å². The molecule has 2 heterocycles. The minimum atomic E-state index is -0.593. The predicted molar refractivity (Wildman–Crippen MR) is 73.9 cm³/mol. The number of likely N-dealkylation sites (N-methyl/N-ethyl adjacent to an activating group) is 1. The van der Waals surface area contributed by atoms with E-state index in [-0.39, 0.29) is 6.10 Å². The van der Waals surface area contributed by atoms with Gasteiger partial charge in [0.1, 0.15) is 0 Å². The molecule has 0 spiro atoms. The van der Waals surface area contributed by atoms with Gasteiger partial charge in [0, 0.05) is 31.2 Å². The Morgan fingerprint density at radius 3 is 2.68 bits per heavy atom. The molecule has 0 radical (unpaired) electrons. The van der Waals surface area contributed by atoms with Crippen LogP contribution in [0.15, 0.2) is 30.3 Å². The molecule has 3 rings (SSSR count). The zero-order valence-electron chi connectivity index (χ0n) is 11.6. The molecule has 1 aromatic rings. The highest BCUT2D eigenvalue weighted by molar-refractivity contribution is 5.20. The summed E-state index contributed by atoms with van der Waals surface area (Å²) in [5, 5.41) is 3.30. The van der Waals surface area contributed by atoms with E-state index >= 15 is 0 Å². The third-order valence-electron chi connectivity index (χ3n) is 4.11. The molecule has 2 saturated heterocycles. The van der Waals surface area contributed by atoms with Crippen molar-refractivity contribution >= 4 is 0 Å². The van der Waals surface area contributed by atoms with Crippen LogP contribution < -0.4 is 5.32 Å². The zero-order chi connectivity index (χ0) is 13.3. The third-order valence-corrected chi connectivity index (χ3v) is 4.11. The van der Waals surface area contributed by atoms with Gasteiger partial charge in [0.15, 0.2) is 5.79 Å². The van der Waals surface area contributed by atoms with Crippen LogP contribution in [-0.4, -0.2) is 50.3 Å². The topological polar surface area (TPSA) is 33.7 Å². The van der Waals surface area contributed by atoms with E-state index in [2.05, 4.69) is 29.4 Å². The highest BCUT2D eigenvalue weighted by Gasteiger charge is 2.39.